The van der Waals surface area contributed by atoms with Gasteiger partial charge in [0.2, 0.25) is 0 Å². The molecule has 2 aromatic heterocycles. The van der Waals surface area contributed by atoms with Gasteiger partial charge < -0.3 is 9.13 Å². The first kappa shape index (κ1) is 22.4. The molecule has 0 aliphatic rings. The Kier molecular flexibility index (Phi) is 5.09. The summed E-state index contributed by atoms with van der Waals surface area (Å²) in [6.45, 7) is 10.8. The average Bonchev–Trinajstić information content (AvgIpc) is 3.45. The van der Waals surface area contributed by atoms with Crippen molar-refractivity contribution in [1.29, 1.82) is 0 Å². The van der Waals surface area contributed by atoms with E-state index in [2.05, 4.69) is 132 Å². The first-order valence-electron chi connectivity index (χ1n) is 13.1. The molecular formula is C36H28N2. The Hall–Kier alpha value is -4.82. The van der Waals surface area contributed by atoms with Gasteiger partial charge in [0.05, 0.1) is 16.6 Å². The molecule has 0 aliphatic carbocycles. The standard InChI is InChI=1S/C36H28N2/c1-4-25-11-13-27(14-12-25)23-37-32-9-7-6-8-29(32)30-20-21-33-35(36(30)37)31-19-10-24(3)22-34(31)38(33)28-17-15-26(5-2)16-18-28/h4-22H,1-2,23H2,3H3. The van der Waals surface area contributed by atoms with Crippen LogP contribution in [0.25, 0.3) is 61.5 Å². The van der Waals surface area contributed by atoms with Gasteiger partial charge in [-0.15, -0.1) is 0 Å². The van der Waals surface area contributed by atoms with Gasteiger partial charge in [0.15, 0.2) is 0 Å². The van der Waals surface area contributed by atoms with E-state index < -0.39 is 0 Å². The van der Waals surface area contributed by atoms with Crippen molar-refractivity contribution in [3.05, 3.63) is 139 Å². The predicted molar refractivity (Wildman–Crippen MR) is 164 cm³/mol. The van der Waals surface area contributed by atoms with E-state index in [1.807, 2.05) is 12.2 Å². The van der Waals surface area contributed by atoms with E-state index >= 15 is 0 Å². The highest BCUT2D eigenvalue weighted by Gasteiger charge is 2.20. The van der Waals surface area contributed by atoms with Crippen LogP contribution in [0.2, 0.25) is 0 Å². The molecule has 0 saturated carbocycles. The number of hydrogen-bond acceptors (Lipinski definition) is 0. The summed E-state index contributed by atoms with van der Waals surface area (Å²) in [5.41, 5.74) is 10.9. The average molecular weight is 489 g/mol. The molecule has 2 heteroatoms. The number of nitrogens with zero attached hydrogens (tertiary/aromatic N) is 2. The summed E-state index contributed by atoms with van der Waals surface area (Å²) in [5.74, 6) is 0. The normalized spacial score (nSPS) is 11.6. The van der Waals surface area contributed by atoms with Crippen molar-refractivity contribution in [2.45, 2.75) is 13.5 Å². The SMILES string of the molecule is C=Cc1ccc(Cn2c3ccccc3c3ccc4c(c5ccc(C)cc5n4-c4ccc(C=C)cc4)c32)cc1. The van der Waals surface area contributed by atoms with Gasteiger partial charge in [-0.05, 0) is 59.5 Å². The molecule has 0 saturated heterocycles. The molecule has 0 bridgehead atoms. The summed E-state index contributed by atoms with van der Waals surface area (Å²) < 4.78 is 4.91. The van der Waals surface area contributed by atoms with Crippen molar-refractivity contribution in [1.82, 2.24) is 9.13 Å². The molecule has 0 unspecified atom stereocenters. The number of fused-ring (bicyclic) bond motifs is 7. The van der Waals surface area contributed by atoms with Crippen LogP contribution in [0.5, 0.6) is 0 Å². The molecule has 0 fully saturated rings. The maximum absolute atomic E-state index is 3.93. The van der Waals surface area contributed by atoms with Crippen LogP contribution in [0.4, 0.5) is 0 Å². The highest BCUT2D eigenvalue weighted by molar-refractivity contribution is 6.25. The quantitative estimate of drug-likeness (QED) is 0.228. The molecule has 0 atom stereocenters. The smallest absolute Gasteiger partial charge is 0.0596 e. The zero-order valence-electron chi connectivity index (χ0n) is 21.5. The third-order valence-electron chi connectivity index (χ3n) is 7.76. The van der Waals surface area contributed by atoms with Gasteiger partial charge in [-0.25, -0.2) is 0 Å². The Balaban J connectivity index is 1.60. The Morgan fingerprint density at radius 3 is 2.05 bits per heavy atom. The van der Waals surface area contributed by atoms with E-state index in [9.17, 15) is 0 Å². The first-order valence-corrected chi connectivity index (χ1v) is 13.1. The van der Waals surface area contributed by atoms with E-state index in [-0.39, 0.29) is 0 Å². The fraction of sp³-hybridized carbons (Fsp3) is 0.0556. The molecule has 7 rings (SSSR count). The molecule has 0 N–H and O–H groups in total. The molecule has 0 spiro atoms. The van der Waals surface area contributed by atoms with Gasteiger partial charge in [0, 0.05) is 39.3 Å². The Labute approximate surface area is 222 Å². The lowest BCUT2D eigenvalue weighted by atomic mass is 10.1. The first-order chi connectivity index (χ1) is 18.7. The van der Waals surface area contributed by atoms with Gasteiger partial charge >= 0.3 is 0 Å². The molecule has 2 nitrogen and oxygen atoms in total. The van der Waals surface area contributed by atoms with E-state index in [1.165, 1.54) is 54.7 Å². The van der Waals surface area contributed by atoms with Crippen molar-refractivity contribution < 1.29 is 0 Å². The third kappa shape index (κ3) is 3.34. The van der Waals surface area contributed by atoms with Gasteiger partial charge in [-0.2, -0.15) is 0 Å². The van der Waals surface area contributed by atoms with Gasteiger partial charge in [-0.1, -0.05) is 98.1 Å². The minimum Gasteiger partial charge on any atom is -0.335 e. The second kappa shape index (κ2) is 8.64. The van der Waals surface area contributed by atoms with Crippen LogP contribution in [0.15, 0.2) is 116 Å². The largest absolute Gasteiger partial charge is 0.335 e. The molecule has 5 aromatic carbocycles. The Bertz CT molecular complexity index is 2010. The van der Waals surface area contributed by atoms with Crippen LogP contribution in [0, 0.1) is 6.92 Å². The highest BCUT2D eigenvalue weighted by atomic mass is 15.0. The molecule has 2 heterocycles. The Morgan fingerprint density at radius 1 is 0.632 bits per heavy atom. The summed E-state index contributed by atoms with van der Waals surface area (Å²) in [6, 6.07) is 37.6. The number of aromatic nitrogens is 2. The van der Waals surface area contributed by atoms with Crippen molar-refractivity contribution in [2.75, 3.05) is 0 Å². The summed E-state index contributed by atoms with van der Waals surface area (Å²) in [4.78, 5) is 0. The Morgan fingerprint density at radius 2 is 1.32 bits per heavy atom. The zero-order chi connectivity index (χ0) is 25.8. The lowest BCUT2D eigenvalue weighted by Crippen LogP contribution is -2.00. The van der Waals surface area contributed by atoms with Crippen LogP contribution >= 0.6 is 0 Å². The molecule has 182 valence electrons. The van der Waals surface area contributed by atoms with Crippen LogP contribution in [0.1, 0.15) is 22.3 Å². The monoisotopic (exact) mass is 488 g/mol. The minimum absolute atomic E-state index is 0.799. The molecule has 0 aliphatic heterocycles. The second-order valence-corrected chi connectivity index (χ2v) is 10.1. The zero-order valence-corrected chi connectivity index (χ0v) is 21.5. The van der Waals surface area contributed by atoms with Gasteiger partial charge in [0.1, 0.15) is 0 Å². The van der Waals surface area contributed by atoms with E-state index in [0.29, 0.717) is 0 Å². The maximum Gasteiger partial charge on any atom is 0.0596 e. The number of hydrogen-bond donors (Lipinski definition) is 0. The fourth-order valence-corrected chi connectivity index (χ4v) is 5.90. The summed E-state index contributed by atoms with van der Waals surface area (Å²) >= 11 is 0. The van der Waals surface area contributed by atoms with Crippen molar-refractivity contribution in [3.63, 3.8) is 0 Å². The third-order valence-corrected chi connectivity index (χ3v) is 7.76. The van der Waals surface area contributed by atoms with Crippen LogP contribution in [-0.2, 0) is 6.54 Å². The van der Waals surface area contributed by atoms with E-state index in [1.54, 1.807) is 0 Å². The highest BCUT2D eigenvalue weighted by Crippen LogP contribution is 2.41. The number of para-hydroxylation sites is 1. The molecular weight excluding hydrogens is 460 g/mol. The fourth-order valence-electron chi connectivity index (χ4n) is 5.90. The van der Waals surface area contributed by atoms with Crippen LogP contribution in [0.3, 0.4) is 0 Å². The second-order valence-electron chi connectivity index (χ2n) is 10.1. The van der Waals surface area contributed by atoms with Crippen molar-refractivity contribution >= 4 is 55.8 Å². The number of rotatable bonds is 5. The summed E-state index contributed by atoms with van der Waals surface area (Å²) in [7, 11) is 0. The minimum atomic E-state index is 0.799. The lowest BCUT2D eigenvalue weighted by Gasteiger charge is -2.11. The molecule has 0 radical (unpaired) electrons. The number of benzene rings is 5. The van der Waals surface area contributed by atoms with E-state index in [4.69, 9.17) is 0 Å². The molecule has 38 heavy (non-hydrogen) atoms. The van der Waals surface area contributed by atoms with Crippen molar-refractivity contribution in [2.24, 2.45) is 0 Å². The topological polar surface area (TPSA) is 9.86 Å². The summed E-state index contributed by atoms with van der Waals surface area (Å²) in [5, 5.41) is 5.15. The molecule has 0 amide bonds. The predicted octanol–water partition coefficient (Wildman–Crippen LogP) is 9.53. The van der Waals surface area contributed by atoms with Gasteiger partial charge in [0.25, 0.3) is 0 Å². The molecule has 7 aromatic rings. The van der Waals surface area contributed by atoms with E-state index in [0.717, 1.165) is 23.4 Å². The van der Waals surface area contributed by atoms with Crippen LogP contribution in [-0.4, -0.2) is 9.13 Å². The summed E-state index contributed by atoms with van der Waals surface area (Å²) in [6.07, 6.45) is 3.79. The van der Waals surface area contributed by atoms with Crippen LogP contribution < -0.4 is 0 Å². The number of aryl methyl sites for hydroxylation is 1. The maximum atomic E-state index is 3.93. The lowest BCUT2D eigenvalue weighted by molar-refractivity contribution is 0.871. The van der Waals surface area contributed by atoms with Crippen molar-refractivity contribution in [3.8, 4) is 5.69 Å². The van der Waals surface area contributed by atoms with Gasteiger partial charge in [-0.3, -0.25) is 0 Å².